The van der Waals surface area contributed by atoms with E-state index in [4.69, 9.17) is 5.73 Å². The third-order valence-corrected chi connectivity index (χ3v) is 5.36. The number of hydrogen-bond donors (Lipinski definition) is 1. The molecule has 0 heterocycles. The van der Waals surface area contributed by atoms with E-state index >= 15 is 0 Å². The molecule has 2 aliphatic carbocycles. The van der Waals surface area contributed by atoms with E-state index < -0.39 is 11.7 Å². The first-order valence-corrected chi connectivity index (χ1v) is 8.52. The summed E-state index contributed by atoms with van der Waals surface area (Å²) in [6.07, 6.45) is 1.70. The average Bonchev–Trinajstić information content (AvgIpc) is 3.29. The predicted octanol–water partition coefficient (Wildman–Crippen LogP) is 3.93. The van der Waals surface area contributed by atoms with Crippen molar-refractivity contribution >= 4 is 5.96 Å². The Hall–Kier alpha value is -1.72. The number of guanidine groups is 1. The van der Waals surface area contributed by atoms with E-state index in [1.807, 2.05) is 11.9 Å². The fourth-order valence-corrected chi connectivity index (χ4v) is 3.61. The monoisotopic (exact) mass is 339 g/mol. The lowest BCUT2D eigenvalue weighted by molar-refractivity contribution is -0.137. The van der Waals surface area contributed by atoms with Crippen molar-refractivity contribution < 1.29 is 13.2 Å². The van der Waals surface area contributed by atoms with E-state index in [2.05, 4.69) is 4.99 Å². The molecule has 2 aliphatic rings. The van der Waals surface area contributed by atoms with Crippen molar-refractivity contribution in [3.63, 3.8) is 0 Å². The van der Waals surface area contributed by atoms with Crippen LogP contribution in [0.2, 0.25) is 0 Å². The van der Waals surface area contributed by atoms with Gasteiger partial charge in [-0.25, -0.2) is 0 Å². The van der Waals surface area contributed by atoms with Crippen molar-refractivity contribution in [2.45, 2.75) is 56.2 Å². The van der Waals surface area contributed by atoms with Gasteiger partial charge in [-0.15, -0.1) is 0 Å². The van der Waals surface area contributed by atoms with E-state index in [9.17, 15) is 13.2 Å². The van der Waals surface area contributed by atoms with Crippen LogP contribution in [0.3, 0.4) is 0 Å². The van der Waals surface area contributed by atoms with Crippen LogP contribution in [0.1, 0.15) is 49.7 Å². The Kier molecular flexibility index (Phi) is 4.49. The Bertz CT molecular complexity index is 614. The highest BCUT2D eigenvalue weighted by Gasteiger charge is 2.38. The van der Waals surface area contributed by atoms with Crippen molar-refractivity contribution in [3.8, 4) is 0 Å². The van der Waals surface area contributed by atoms with Crippen molar-refractivity contribution in [1.29, 1.82) is 0 Å². The fraction of sp³-hybridized carbons (Fsp3) is 0.611. The molecule has 0 aromatic heterocycles. The minimum atomic E-state index is -4.32. The lowest BCUT2D eigenvalue weighted by atomic mass is 9.78. The molecule has 132 valence electrons. The number of nitrogens with zero attached hydrogens (tertiary/aromatic N) is 2. The molecule has 0 unspecified atom stereocenters. The summed E-state index contributed by atoms with van der Waals surface area (Å²) >= 11 is 0. The normalized spacial score (nSPS) is 21.1. The Labute approximate surface area is 140 Å². The molecule has 0 saturated heterocycles. The first kappa shape index (κ1) is 17.1. The van der Waals surface area contributed by atoms with E-state index in [1.54, 1.807) is 6.07 Å². The van der Waals surface area contributed by atoms with Gasteiger partial charge in [0.1, 0.15) is 0 Å². The molecule has 3 rings (SSSR count). The number of hydrogen-bond acceptors (Lipinski definition) is 1. The number of benzene rings is 1. The molecule has 0 amide bonds. The molecule has 0 radical (unpaired) electrons. The molecule has 2 N–H and O–H groups in total. The van der Waals surface area contributed by atoms with Gasteiger partial charge in [0.25, 0.3) is 0 Å². The molecular weight excluding hydrogens is 315 g/mol. The van der Waals surface area contributed by atoms with Gasteiger partial charge in [-0.3, -0.25) is 4.99 Å². The van der Waals surface area contributed by atoms with Crippen LogP contribution in [-0.4, -0.2) is 30.5 Å². The first-order chi connectivity index (χ1) is 11.3. The van der Waals surface area contributed by atoms with Gasteiger partial charge in [-0.05, 0) is 37.3 Å². The maximum Gasteiger partial charge on any atom is 0.416 e. The van der Waals surface area contributed by atoms with E-state index in [1.165, 1.54) is 12.1 Å². The van der Waals surface area contributed by atoms with Crippen LogP contribution in [-0.2, 0) is 11.6 Å². The molecule has 0 spiro atoms. The number of halogens is 3. The molecule has 2 fully saturated rings. The summed E-state index contributed by atoms with van der Waals surface area (Å²) < 4.78 is 39.1. The van der Waals surface area contributed by atoms with Gasteiger partial charge in [0.2, 0.25) is 0 Å². The predicted molar refractivity (Wildman–Crippen MR) is 88.9 cm³/mol. The van der Waals surface area contributed by atoms with Crippen LogP contribution in [0.5, 0.6) is 0 Å². The van der Waals surface area contributed by atoms with Crippen molar-refractivity contribution in [2.75, 3.05) is 13.6 Å². The molecule has 2 saturated carbocycles. The van der Waals surface area contributed by atoms with Gasteiger partial charge in [-0.2, -0.15) is 13.2 Å². The second-order valence-corrected chi connectivity index (χ2v) is 7.08. The van der Waals surface area contributed by atoms with E-state index in [-0.39, 0.29) is 5.41 Å². The smallest absolute Gasteiger partial charge is 0.370 e. The van der Waals surface area contributed by atoms with Crippen LogP contribution >= 0.6 is 0 Å². The third kappa shape index (κ3) is 3.52. The quantitative estimate of drug-likeness (QED) is 0.667. The zero-order valence-electron chi connectivity index (χ0n) is 13.9. The van der Waals surface area contributed by atoms with Gasteiger partial charge in [0.05, 0.1) is 12.1 Å². The summed E-state index contributed by atoms with van der Waals surface area (Å²) in [5.74, 6) is 0.496. The summed E-state index contributed by atoms with van der Waals surface area (Å²) in [4.78, 5) is 6.53. The first-order valence-electron chi connectivity index (χ1n) is 8.52. The number of aliphatic imine (C=N–C) groups is 1. The maximum atomic E-state index is 13.0. The molecular formula is C18H24F3N3. The zero-order chi connectivity index (χ0) is 17.4. The summed E-state index contributed by atoms with van der Waals surface area (Å²) in [6.45, 7) is 0.456. The number of rotatable bonds is 4. The van der Waals surface area contributed by atoms with Gasteiger partial charge < -0.3 is 10.6 Å². The molecule has 6 heteroatoms. The Morgan fingerprint density at radius 1 is 1.29 bits per heavy atom. The standard InChI is InChI=1S/C18H24F3N3/c1-24(15-7-8-15)16(22)23-12-17(9-2-3-10-17)13-5-4-6-14(11-13)18(19,20)21/h4-6,11,15H,2-3,7-10,12H2,1H3,(H2,22,23). The largest absolute Gasteiger partial charge is 0.416 e. The molecule has 1 aromatic carbocycles. The van der Waals surface area contributed by atoms with Crippen molar-refractivity contribution in [2.24, 2.45) is 10.7 Å². The van der Waals surface area contributed by atoms with Crippen LogP contribution in [0.25, 0.3) is 0 Å². The second-order valence-electron chi connectivity index (χ2n) is 7.08. The van der Waals surface area contributed by atoms with Gasteiger partial charge in [-0.1, -0.05) is 31.0 Å². The molecule has 3 nitrogen and oxygen atoms in total. The number of nitrogens with two attached hydrogens (primary N) is 1. The Morgan fingerprint density at radius 3 is 2.54 bits per heavy atom. The highest BCUT2D eigenvalue weighted by molar-refractivity contribution is 5.78. The highest BCUT2D eigenvalue weighted by Crippen LogP contribution is 2.43. The maximum absolute atomic E-state index is 13.0. The molecule has 1 aromatic rings. The van der Waals surface area contributed by atoms with Crippen LogP contribution in [0.15, 0.2) is 29.3 Å². The summed E-state index contributed by atoms with van der Waals surface area (Å²) in [5.41, 5.74) is 5.90. The number of alkyl halides is 3. The van der Waals surface area contributed by atoms with Crippen molar-refractivity contribution in [1.82, 2.24) is 4.90 Å². The molecule has 0 atom stereocenters. The van der Waals surface area contributed by atoms with E-state index in [0.29, 0.717) is 18.5 Å². The molecule has 24 heavy (non-hydrogen) atoms. The van der Waals surface area contributed by atoms with Crippen molar-refractivity contribution in [3.05, 3.63) is 35.4 Å². The Balaban J connectivity index is 1.84. The van der Waals surface area contributed by atoms with Gasteiger partial charge >= 0.3 is 6.18 Å². The second kappa shape index (κ2) is 6.30. The van der Waals surface area contributed by atoms with Gasteiger partial charge in [0, 0.05) is 18.5 Å². The summed E-state index contributed by atoms with van der Waals surface area (Å²) in [5, 5.41) is 0. The lowest BCUT2D eigenvalue weighted by Gasteiger charge is -2.29. The minimum Gasteiger partial charge on any atom is -0.370 e. The third-order valence-electron chi connectivity index (χ3n) is 5.36. The van der Waals surface area contributed by atoms with Crippen LogP contribution in [0.4, 0.5) is 13.2 Å². The lowest BCUT2D eigenvalue weighted by Crippen LogP contribution is -2.37. The topological polar surface area (TPSA) is 41.6 Å². The summed E-state index contributed by atoms with van der Waals surface area (Å²) in [7, 11) is 1.93. The average molecular weight is 339 g/mol. The SMILES string of the molecule is CN(C(N)=NCC1(c2cccc(C(F)(F)F)c2)CCCC1)C1CC1. The molecule has 0 bridgehead atoms. The zero-order valence-corrected chi connectivity index (χ0v) is 13.9. The Morgan fingerprint density at radius 2 is 1.96 bits per heavy atom. The van der Waals surface area contributed by atoms with Crippen LogP contribution in [0, 0.1) is 0 Å². The molecule has 0 aliphatic heterocycles. The van der Waals surface area contributed by atoms with E-state index in [0.717, 1.165) is 50.2 Å². The highest BCUT2D eigenvalue weighted by atomic mass is 19.4. The fourth-order valence-electron chi connectivity index (χ4n) is 3.61. The minimum absolute atomic E-state index is 0.323. The summed E-state index contributed by atoms with van der Waals surface area (Å²) in [6, 6.07) is 6.20. The van der Waals surface area contributed by atoms with Gasteiger partial charge in [0.15, 0.2) is 5.96 Å². The van der Waals surface area contributed by atoms with Crippen LogP contribution < -0.4 is 5.73 Å².